The van der Waals surface area contributed by atoms with E-state index in [4.69, 9.17) is 23.1 Å². The maximum Gasteiger partial charge on any atom is 0.154 e. The summed E-state index contributed by atoms with van der Waals surface area (Å²) in [6.07, 6.45) is 0. The Morgan fingerprint density at radius 1 is 1.04 bits per heavy atom. The number of pyridine rings is 1. The van der Waals surface area contributed by atoms with Crippen molar-refractivity contribution in [1.29, 1.82) is 0 Å². The summed E-state index contributed by atoms with van der Waals surface area (Å²) in [7, 11) is 0. The molecular weight excluding hydrogens is 364 g/mol. The van der Waals surface area contributed by atoms with E-state index in [9.17, 15) is 0 Å². The number of hydrazine groups is 2. The minimum atomic E-state index is 0.225. The summed E-state index contributed by atoms with van der Waals surface area (Å²) in [6.45, 7) is 0.468. The van der Waals surface area contributed by atoms with Gasteiger partial charge in [0.1, 0.15) is 11.5 Å². The lowest BCUT2D eigenvalue weighted by atomic mass is 10.2. The van der Waals surface area contributed by atoms with Gasteiger partial charge >= 0.3 is 0 Å². The first-order chi connectivity index (χ1) is 13.1. The van der Waals surface area contributed by atoms with Gasteiger partial charge in [0.2, 0.25) is 0 Å². The molecule has 0 spiro atoms. The molecule has 4 rings (SSSR count). The molecular formula is C18H17ClN8. The van der Waals surface area contributed by atoms with Gasteiger partial charge in [-0.1, -0.05) is 23.7 Å². The molecule has 136 valence electrons. The maximum absolute atomic E-state index is 6.06. The molecule has 6 N–H and O–H groups in total. The van der Waals surface area contributed by atoms with Gasteiger partial charge in [0.15, 0.2) is 5.82 Å². The lowest BCUT2D eigenvalue weighted by molar-refractivity contribution is 0.725. The summed E-state index contributed by atoms with van der Waals surface area (Å²) in [4.78, 5) is 4.11. The second-order valence-corrected chi connectivity index (χ2v) is 6.39. The Hall–Kier alpha value is -3.36. The molecule has 0 bridgehead atoms. The van der Waals surface area contributed by atoms with Crippen LogP contribution in [0.15, 0.2) is 64.8 Å². The molecule has 1 aromatic heterocycles. The second-order valence-electron chi connectivity index (χ2n) is 5.96. The highest BCUT2D eigenvalue weighted by molar-refractivity contribution is 6.30. The SMILES string of the molecule is Nc1cc(CN2NNc3ccccc32)c(/N=N/c2ccc(Cl)cc2)c(N)n1. The summed E-state index contributed by atoms with van der Waals surface area (Å²) < 4.78 is 0. The fourth-order valence-electron chi connectivity index (χ4n) is 2.78. The van der Waals surface area contributed by atoms with E-state index in [-0.39, 0.29) is 5.82 Å². The Labute approximate surface area is 160 Å². The van der Waals surface area contributed by atoms with Gasteiger partial charge in [-0.05, 0) is 42.5 Å². The molecule has 0 fully saturated rings. The summed E-state index contributed by atoms with van der Waals surface area (Å²) in [5.41, 5.74) is 22.1. The highest BCUT2D eigenvalue weighted by Gasteiger charge is 2.20. The first-order valence-electron chi connectivity index (χ1n) is 8.20. The highest BCUT2D eigenvalue weighted by Crippen LogP contribution is 2.34. The molecule has 0 aliphatic carbocycles. The quantitative estimate of drug-likeness (QED) is 0.505. The van der Waals surface area contributed by atoms with E-state index in [0.29, 0.717) is 28.8 Å². The van der Waals surface area contributed by atoms with Gasteiger partial charge < -0.3 is 16.9 Å². The van der Waals surface area contributed by atoms with Crippen molar-refractivity contribution in [2.75, 3.05) is 21.9 Å². The Kier molecular flexibility index (Phi) is 4.49. The molecule has 27 heavy (non-hydrogen) atoms. The minimum absolute atomic E-state index is 0.225. The van der Waals surface area contributed by atoms with Gasteiger partial charge in [-0.3, -0.25) is 5.01 Å². The van der Waals surface area contributed by atoms with E-state index in [1.807, 2.05) is 29.3 Å². The first kappa shape index (κ1) is 17.1. The molecule has 9 heteroatoms. The summed E-state index contributed by atoms with van der Waals surface area (Å²) in [5, 5.41) is 11.1. The van der Waals surface area contributed by atoms with Gasteiger partial charge in [0, 0.05) is 10.6 Å². The Balaban J connectivity index is 1.65. The average molecular weight is 381 g/mol. The third kappa shape index (κ3) is 3.62. The number of aromatic nitrogens is 1. The van der Waals surface area contributed by atoms with Gasteiger partial charge in [0.25, 0.3) is 0 Å². The predicted octanol–water partition coefficient (Wildman–Crippen LogP) is 4.17. The van der Waals surface area contributed by atoms with E-state index in [1.165, 1.54) is 0 Å². The molecule has 8 nitrogen and oxygen atoms in total. The number of rotatable bonds is 4. The van der Waals surface area contributed by atoms with Crippen molar-refractivity contribution in [3.63, 3.8) is 0 Å². The van der Waals surface area contributed by atoms with E-state index in [0.717, 1.165) is 16.9 Å². The highest BCUT2D eigenvalue weighted by atomic mass is 35.5. The number of nitrogens with one attached hydrogen (secondary N) is 2. The number of fused-ring (bicyclic) bond motifs is 1. The van der Waals surface area contributed by atoms with Crippen molar-refractivity contribution >= 4 is 46.0 Å². The maximum atomic E-state index is 6.06. The molecule has 1 aliphatic heterocycles. The monoisotopic (exact) mass is 380 g/mol. The van der Waals surface area contributed by atoms with Crippen molar-refractivity contribution in [1.82, 2.24) is 10.5 Å². The van der Waals surface area contributed by atoms with Crippen molar-refractivity contribution in [2.45, 2.75) is 6.54 Å². The number of hydrogen-bond acceptors (Lipinski definition) is 8. The molecule has 3 aromatic rings. The number of para-hydroxylation sites is 2. The smallest absolute Gasteiger partial charge is 0.154 e. The van der Waals surface area contributed by atoms with E-state index in [2.05, 4.69) is 26.2 Å². The van der Waals surface area contributed by atoms with Crippen LogP contribution in [0.4, 0.5) is 34.4 Å². The number of benzene rings is 2. The fourth-order valence-corrected chi connectivity index (χ4v) is 2.91. The standard InChI is InChI=1S/C18H17ClN8/c19-12-5-7-13(8-6-12)23-25-17-11(9-16(20)22-18(17)21)10-27-15-4-2-1-3-14(15)24-26-27/h1-9,24,26H,10H2,(H4,20,21,22)/b25-23+. The predicted molar refractivity (Wildman–Crippen MR) is 108 cm³/mol. The van der Waals surface area contributed by atoms with E-state index >= 15 is 0 Å². The van der Waals surface area contributed by atoms with Crippen molar-refractivity contribution in [2.24, 2.45) is 10.2 Å². The van der Waals surface area contributed by atoms with Crippen LogP contribution < -0.4 is 27.4 Å². The van der Waals surface area contributed by atoms with Crippen molar-refractivity contribution in [3.8, 4) is 0 Å². The third-order valence-corrected chi connectivity index (χ3v) is 4.31. The topological polar surface area (TPSA) is 117 Å². The fraction of sp³-hybridized carbons (Fsp3) is 0.0556. The number of azo groups is 1. The Morgan fingerprint density at radius 2 is 1.81 bits per heavy atom. The second kappa shape index (κ2) is 7.10. The molecule has 2 heterocycles. The number of nitrogens with two attached hydrogens (primary N) is 2. The van der Waals surface area contributed by atoms with Gasteiger partial charge in [0.05, 0.1) is 23.6 Å². The number of halogens is 1. The van der Waals surface area contributed by atoms with Crippen LogP contribution >= 0.6 is 11.6 Å². The van der Waals surface area contributed by atoms with Crippen LogP contribution in [-0.2, 0) is 6.54 Å². The first-order valence-corrected chi connectivity index (χ1v) is 8.58. The Bertz CT molecular complexity index is 1000. The molecule has 0 amide bonds. The molecule has 0 saturated heterocycles. The summed E-state index contributed by atoms with van der Waals surface area (Å²) in [6, 6.07) is 16.7. The van der Waals surface area contributed by atoms with Crippen molar-refractivity contribution < 1.29 is 0 Å². The Morgan fingerprint density at radius 3 is 2.63 bits per heavy atom. The van der Waals surface area contributed by atoms with Crippen LogP contribution in [0.2, 0.25) is 5.02 Å². The van der Waals surface area contributed by atoms with Crippen LogP contribution in [0, 0.1) is 0 Å². The summed E-state index contributed by atoms with van der Waals surface area (Å²) in [5.74, 6) is 0.552. The summed E-state index contributed by atoms with van der Waals surface area (Å²) >= 11 is 5.90. The number of anilines is 4. The van der Waals surface area contributed by atoms with Crippen LogP contribution in [0.1, 0.15) is 5.56 Å². The van der Waals surface area contributed by atoms with Crippen LogP contribution in [0.25, 0.3) is 0 Å². The molecule has 0 unspecified atom stereocenters. The lowest BCUT2D eigenvalue weighted by Crippen LogP contribution is -2.35. The van der Waals surface area contributed by atoms with Gasteiger partial charge in [-0.15, -0.1) is 10.6 Å². The van der Waals surface area contributed by atoms with Crippen LogP contribution in [0.5, 0.6) is 0 Å². The zero-order chi connectivity index (χ0) is 18.8. The van der Waals surface area contributed by atoms with E-state index < -0.39 is 0 Å². The van der Waals surface area contributed by atoms with Crippen molar-refractivity contribution in [3.05, 3.63) is 65.2 Å². The minimum Gasteiger partial charge on any atom is -0.384 e. The zero-order valence-corrected chi connectivity index (χ0v) is 15.0. The lowest BCUT2D eigenvalue weighted by Gasteiger charge is -2.19. The zero-order valence-electron chi connectivity index (χ0n) is 14.2. The molecule has 0 radical (unpaired) electrons. The molecule has 0 atom stereocenters. The molecule has 0 saturated carbocycles. The van der Waals surface area contributed by atoms with Gasteiger partial charge in [-0.2, -0.15) is 5.11 Å². The van der Waals surface area contributed by atoms with Crippen LogP contribution in [0.3, 0.4) is 0 Å². The number of nitrogens with zero attached hydrogens (tertiary/aromatic N) is 4. The average Bonchev–Trinajstić information content (AvgIpc) is 3.05. The number of hydrogen-bond donors (Lipinski definition) is 4. The van der Waals surface area contributed by atoms with Gasteiger partial charge in [-0.25, -0.2) is 4.98 Å². The normalized spacial score (nSPS) is 13.0. The number of nitrogen functional groups attached to an aromatic ring is 2. The van der Waals surface area contributed by atoms with E-state index in [1.54, 1.807) is 30.3 Å². The molecule has 1 aliphatic rings. The third-order valence-electron chi connectivity index (χ3n) is 4.06. The van der Waals surface area contributed by atoms with Crippen LogP contribution in [-0.4, -0.2) is 4.98 Å². The molecule has 2 aromatic carbocycles. The largest absolute Gasteiger partial charge is 0.384 e.